The lowest BCUT2D eigenvalue weighted by atomic mass is 10.2. The van der Waals surface area contributed by atoms with Crippen LogP contribution in [0.2, 0.25) is 5.02 Å². The molecule has 2 heterocycles. The minimum absolute atomic E-state index is 0.179. The lowest BCUT2D eigenvalue weighted by Crippen LogP contribution is -2.29. The van der Waals surface area contributed by atoms with E-state index >= 15 is 0 Å². The quantitative estimate of drug-likeness (QED) is 0.549. The molecule has 0 spiro atoms. The number of pyridine rings is 1. The Morgan fingerprint density at radius 1 is 1.35 bits per heavy atom. The highest BCUT2D eigenvalue weighted by Crippen LogP contribution is 2.35. The molecule has 1 aliphatic rings. The second-order valence-electron chi connectivity index (χ2n) is 5.48. The molecule has 0 N–H and O–H groups in total. The molecule has 0 aliphatic carbocycles. The van der Waals surface area contributed by atoms with Crippen LogP contribution in [0, 0.1) is 12.7 Å². The first-order valence-electron chi connectivity index (χ1n) is 7.78. The molecule has 1 saturated heterocycles. The van der Waals surface area contributed by atoms with Crippen molar-refractivity contribution >= 4 is 46.3 Å². The monoisotopic (exact) mass is 387 g/mol. The van der Waals surface area contributed by atoms with Crippen LogP contribution in [-0.2, 0) is 4.79 Å². The van der Waals surface area contributed by atoms with Gasteiger partial charge < -0.3 is 0 Å². The maximum Gasteiger partial charge on any atom is 0.267 e. The molecule has 26 heavy (non-hydrogen) atoms. The van der Waals surface area contributed by atoms with Crippen LogP contribution in [0.1, 0.15) is 11.3 Å². The number of hydrogen-bond donors (Lipinski definition) is 0. The lowest BCUT2D eigenvalue weighted by molar-refractivity contribution is -0.121. The molecule has 4 nitrogen and oxygen atoms in total. The van der Waals surface area contributed by atoms with Crippen molar-refractivity contribution < 1.29 is 9.18 Å². The van der Waals surface area contributed by atoms with Crippen molar-refractivity contribution in [2.75, 3.05) is 6.54 Å². The molecule has 0 bridgehead atoms. The van der Waals surface area contributed by atoms with E-state index in [0.717, 1.165) is 17.5 Å². The van der Waals surface area contributed by atoms with Crippen LogP contribution in [0.5, 0.6) is 0 Å². The van der Waals surface area contributed by atoms with Crippen LogP contribution in [0.4, 0.5) is 10.2 Å². The van der Waals surface area contributed by atoms with Gasteiger partial charge in [0, 0.05) is 17.8 Å². The fourth-order valence-electron chi connectivity index (χ4n) is 2.35. The van der Waals surface area contributed by atoms with E-state index in [2.05, 4.69) is 16.6 Å². The molecular weight excluding hydrogens is 373 g/mol. The van der Waals surface area contributed by atoms with Gasteiger partial charge in [-0.3, -0.25) is 9.69 Å². The van der Waals surface area contributed by atoms with E-state index < -0.39 is 5.82 Å². The predicted octanol–water partition coefficient (Wildman–Crippen LogP) is 4.97. The Kier molecular flexibility index (Phi) is 5.54. The Bertz CT molecular complexity index is 922. The summed E-state index contributed by atoms with van der Waals surface area (Å²) in [6.07, 6.45) is 3.06. The molecule has 0 radical (unpaired) electrons. The highest BCUT2D eigenvalue weighted by Gasteiger charge is 2.33. The third-order valence-electron chi connectivity index (χ3n) is 3.56. The van der Waals surface area contributed by atoms with Crippen molar-refractivity contribution in [1.29, 1.82) is 0 Å². The highest BCUT2D eigenvalue weighted by molar-refractivity contribution is 8.18. The van der Waals surface area contributed by atoms with E-state index in [0.29, 0.717) is 22.4 Å². The molecule has 2 aromatic rings. The van der Waals surface area contributed by atoms with Gasteiger partial charge in [0.25, 0.3) is 5.91 Å². The molecule has 1 aliphatic heterocycles. The zero-order valence-corrected chi connectivity index (χ0v) is 15.5. The van der Waals surface area contributed by atoms with Crippen LogP contribution < -0.4 is 0 Å². The zero-order chi connectivity index (χ0) is 18.7. The maximum absolute atomic E-state index is 14.0. The van der Waals surface area contributed by atoms with E-state index in [1.165, 1.54) is 23.1 Å². The van der Waals surface area contributed by atoms with Gasteiger partial charge in [0.05, 0.1) is 9.93 Å². The van der Waals surface area contributed by atoms with E-state index in [4.69, 9.17) is 11.6 Å². The number of aliphatic imine (C=N–C) groups is 1. The molecule has 1 fully saturated rings. The topological polar surface area (TPSA) is 45.6 Å². The number of carbonyl (C=O) groups is 1. The van der Waals surface area contributed by atoms with Gasteiger partial charge in [-0.2, -0.15) is 0 Å². The number of nitrogens with zero attached hydrogens (tertiary/aromatic N) is 3. The van der Waals surface area contributed by atoms with Crippen LogP contribution in [-0.4, -0.2) is 27.5 Å². The fraction of sp³-hybridized carbons (Fsp3) is 0.105. The summed E-state index contributed by atoms with van der Waals surface area (Å²) >= 11 is 7.22. The summed E-state index contributed by atoms with van der Waals surface area (Å²) in [6.45, 7) is 5.83. The Morgan fingerprint density at radius 3 is 2.81 bits per heavy atom. The molecule has 3 rings (SSSR count). The first-order chi connectivity index (χ1) is 12.5. The summed E-state index contributed by atoms with van der Waals surface area (Å²) in [5, 5.41) is 0.707. The number of thioether (sulfide) groups is 1. The van der Waals surface area contributed by atoms with Crippen molar-refractivity contribution in [2.45, 2.75) is 6.92 Å². The standard InChI is InChI=1S/C19H15ClFN3OS/c1-3-10-24-18(25)16(11-13-14(20)7-5-8-15(13)21)26-19(24)23-17-9-4-6-12(2)22-17/h3-9,11H,1,10H2,2H3/b16-11-,23-19+. The van der Waals surface area contributed by atoms with Crippen molar-refractivity contribution in [1.82, 2.24) is 9.88 Å². The number of rotatable bonds is 4. The minimum atomic E-state index is -0.487. The third-order valence-corrected chi connectivity index (χ3v) is 4.89. The maximum atomic E-state index is 14.0. The summed E-state index contributed by atoms with van der Waals surface area (Å²) < 4.78 is 14.0. The van der Waals surface area contributed by atoms with Gasteiger partial charge in [-0.1, -0.05) is 29.8 Å². The number of amides is 1. The number of benzene rings is 1. The first kappa shape index (κ1) is 18.4. The Morgan fingerprint density at radius 2 is 2.12 bits per heavy atom. The van der Waals surface area contributed by atoms with Gasteiger partial charge in [0.15, 0.2) is 11.0 Å². The smallest absolute Gasteiger partial charge is 0.267 e. The Balaban J connectivity index is 2.01. The summed E-state index contributed by atoms with van der Waals surface area (Å²) in [5.74, 6) is -0.264. The van der Waals surface area contributed by atoms with Crippen molar-refractivity contribution in [3.8, 4) is 0 Å². The summed E-state index contributed by atoms with van der Waals surface area (Å²) in [6, 6.07) is 9.86. The fourth-order valence-corrected chi connectivity index (χ4v) is 3.55. The van der Waals surface area contributed by atoms with E-state index in [-0.39, 0.29) is 16.5 Å². The minimum Gasteiger partial charge on any atom is -0.282 e. The van der Waals surface area contributed by atoms with Crippen LogP contribution in [0.25, 0.3) is 6.08 Å². The third kappa shape index (κ3) is 3.86. The predicted molar refractivity (Wildman–Crippen MR) is 105 cm³/mol. The first-order valence-corrected chi connectivity index (χ1v) is 8.97. The van der Waals surface area contributed by atoms with Crippen LogP contribution >= 0.6 is 23.4 Å². The zero-order valence-electron chi connectivity index (χ0n) is 13.9. The normalized spacial score (nSPS) is 17.3. The Labute approximate surface area is 160 Å². The van der Waals surface area contributed by atoms with Crippen molar-refractivity contribution in [3.05, 3.63) is 76.1 Å². The molecule has 7 heteroatoms. The van der Waals surface area contributed by atoms with E-state index in [1.807, 2.05) is 19.1 Å². The molecule has 1 aromatic carbocycles. The largest absolute Gasteiger partial charge is 0.282 e. The van der Waals surface area contributed by atoms with Crippen molar-refractivity contribution in [2.24, 2.45) is 4.99 Å². The second kappa shape index (κ2) is 7.85. The highest BCUT2D eigenvalue weighted by atomic mass is 35.5. The van der Waals surface area contributed by atoms with Gasteiger partial charge in [0.1, 0.15) is 5.82 Å². The van der Waals surface area contributed by atoms with Gasteiger partial charge in [-0.05, 0) is 49.0 Å². The summed E-state index contributed by atoms with van der Waals surface area (Å²) in [4.78, 5) is 23.3. The van der Waals surface area contributed by atoms with Crippen LogP contribution in [0.3, 0.4) is 0 Å². The molecule has 132 valence electrons. The van der Waals surface area contributed by atoms with Gasteiger partial charge in [-0.15, -0.1) is 6.58 Å². The van der Waals surface area contributed by atoms with Gasteiger partial charge in [-0.25, -0.2) is 14.4 Å². The lowest BCUT2D eigenvalue weighted by Gasteiger charge is -2.12. The molecule has 1 amide bonds. The van der Waals surface area contributed by atoms with Crippen molar-refractivity contribution in [3.63, 3.8) is 0 Å². The molecule has 1 aromatic heterocycles. The second-order valence-corrected chi connectivity index (χ2v) is 6.90. The number of aryl methyl sites for hydroxylation is 1. The molecular formula is C19H15ClFN3OS. The molecule has 0 atom stereocenters. The molecule has 0 unspecified atom stereocenters. The van der Waals surface area contributed by atoms with Crippen LogP contribution in [0.15, 0.2) is 59.0 Å². The summed E-state index contributed by atoms with van der Waals surface area (Å²) in [7, 11) is 0. The van der Waals surface area contributed by atoms with E-state index in [9.17, 15) is 9.18 Å². The number of hydrogen-bond acceptors (Lipinski definition) is 4. The summed E-state index contributed by atoms with van der Waals surface area (Å²) in [5.41, 5.74) is 1.00. The van der Waals surface area contributed by atoms with Gasteiger partial charge in [0.2, 0.25) is 0 Å². The number of carbonyl (C=O) groups excluding carboxylic acids is 1. The Hall–Kier alpha value is -2.44. The van der Waals surface area contributed by atoms with E-state index in [1.54, 1.807) is 18.2 Å². The average molecular weight is 388 g/mol. The SMILES string of the molecule is C=CCN1C(=O)/C(=C/c2c(F)cccc2Cl)S/C1=N/c1cccc(C)n1. The number of aromatic nitrogens is 1. The number of halogens is 2. The average Bonchev–Trinajstić information content (AvgIpc) is 2.87. The number of amidine groups is 1. The van der Waals surface area contributed by atoms with Gasteiger partial charge >= 0.3 is 0 Å². The molecule has 0 saturated carbocycles.